The van der Waals surface area contributed by atoms with Crippen LogP contribution in [0.1, 0.15) is 56.6 Å². The van der Waals surface area contributed by atoms with Crippen LogP contribution in [0.4, 0.5) is 4.79 Å². The van der Waals surface area contributed by atoms with E-state index in [-0.39, 0.29) is 31.3 Å². The third-order valence-corrected chi connectivity index (χ3v) is 5.87. The van der Waals surface area contributed by atoms with Crippen molar-refractivity contribution in [2.24, 2.45) is 0 Å². The van der Waals surface area contributed by atoms with Crippen molar-refractivity contribution in [3.63, 3.8) is 0 Å². The Bertz CT molecular complexity index is 929. The number of amides is 2. The monoisotopic (exact) mass is 438 g/mol. The predicted octanol–water partition coefficient (Wildman–Crippen LogP) is 4.06. The molecule has 32 heavy (non-hydrogen) atoms. The molecule has 0 saturated carbocycles. The molecule has 0 heterocycles. The van der Waals surface area contributed by atoms with E-state index < -0.39 is 24.1 Å². The molecule has 0 saturated heterocycles. The minimum absolute atomic E-state index is 0.0298. The van der Waals surface area contributed by atoms with Gasteiger partial charge in [0.2, 0.25) is 5.91 Å². The molecule has 0 fully saturated rings. The van der Waals surface area contributed by atoms with Crippen LogP contribution in [0, 0.1) is 0 Å². The number of alkyl carbamates (subject to hydrolysis) is 1. The Morgan fingerprint density at radius 3 is 1.94 bits per heavy atom. The lowest BCUT2D eigenvalue weighted by molar-refractivity contribution is -0.137. The summed E-state index contributed by atoms with van der Waals surface area (Å²) in [7, 11) is 0. The number of benzene rings is 2. The number of carbonyl (C=O) groups is 3. The van der Waals surface area contributed by atoms with Gasteiger partial charge in [0.25, 0.3) is 0 Å². The number of aliphatic carboxylic acids is 1. The van der Waals surface area contributed by atoms with Crippen molar-refractivity contribution in [2.45, 2.75) is 57.5 Å². The quantitative estimate of drug-likeness (QED) is 0.519. The molecule has 2 aromatic carbocycles. The smallest absolute Gasteiger partial charge is 0.407 e. The van der Waals surface area contributed by atoms with Crippen molar-refractivity contribution < 1.29 is 24.2 Å². The Kier molecular flexibility index (Phi) is 7.87. The summed E-state index contributed by atoms with van der Waals surface area (Å²) < 4.78 is 5.55. The van der Waals surface area contributed by atoms with Crippen LogP contribution in [0.15, 0.2) is 48.5 Å². The lowest BCUT2D eigenvalue weighted by Gasteiger charge is -2.20. The molecule has 0 unspecified atom stereocenters. The molecule has 7 heteroatoms. The average Bonchev–Trinajstić information content (AvgIpc) is 3.10. The fraction of sp³-hybridized carbons (Fsp3) is 0.400. The van der Waals surface area contributed by atoms with E-state index >= 15 is 0 Å². The summed E-state index contributed by atoms with van der Waals surface area (Å²) in [5.74, 6) is -1.28. The van der Waals surface area contributed by atoms with Crippen molar-refractivity contribution in [1.82, 2.24) is 10.6 Å². The molecular formula is C25H30N2O5. The molecule has 2 amide bonds. The van der Waals surface area contributed by atoms with Gasteiger partial charge < -0.3 is 20.5 Å². The second-order valence-electron chi connectivity index (χ2n) is 8.05. The zero-order chi connectivity index (χ0) is 23.1. The van der Waals surface area contributed by atoms with Crippen LogP contribution >= 0.6 is 0 Å². The third-order valence-electron chi connectivity index (χ3n) is 5.87. The van der Waals surface area contributed by atoms with Gasteiger partial charge >= 0.3 is 12.1 Å². The molecule has 1 aliphatic carbocycles. The van der Waals surface area contributed by atoms with E-state index in [1.165, 1.54) is 0 Å². The van der Waals surface area contributed by atoms with Crippen LogP contribution in [0.25, 0.3) is 11.1 Å². The summed E-state index contributed by atoms with van der Waals surface area (Å²) in [4.78, 5) is 35.6. The Hall–Kier alpha value is -3.35. The minimum Gasteiger partial charge on any atom is -0.481 e. The standard InChI is InChI=1S/C25H30N2O5/c1-3-16(13-23(28)26-17(4-2)14-24(29)30)27-25(31)32-15-22-20-11-7-5-9-18(20)19-10-6-8-12-21(19)22/h5-12,16-17,22H,3-4,13-15H2,1-2H3,(H,26,28)(H,27,31)(H,29,30)/t16-,17-/m1/s1. The van der Waals surface area contributed by atoms with E-state index in [4.69, 9.17) is 9.84 Å². The van der Waals surface area contributed by atoms with Crippen molar-refractivity contribution in [3.05, 3.63) is 59.7 Å². The van der Waals surface area contributed by atoms with E-state index in [1.54, 1.807) is 0 Å². The first-order valence-corrected chi connectivity index (χ1v) is 11.1. The molecule has 0 aliphatic heterocycles. The number of hydrogen-bond acceptors (Lipinski definition) is 4. The molecule has 3 rings (SSSR count). The van der Waals surface area contributed by atoms with Gasteiger partial charge in [-0.25, -0.2) is 4.79 Å². The number of fused-ring (bicyclic) bond motifs is 3. The van der Waals surface area contributed by atoms with Gasteiger partial charge in [-0.3, -0.25) is 9.59 Å². The highest BCUT2D eigenvalue weighted by Gasteiger charge is 2.29. The van der Waals surface area contributed by atoms with Gasteiger partial charge in [-0.2, -0.15) is 0 Å². The highest BCUT2D eigenvalue weighted by Crippen LogP contribution is 2.44. The number of rotatable bonds is 10. The Balaban J connectivity index is 1.55. The Labute approximate surface area is 188 Å². The van der Waals surface area contributed by atoms with Gasteiger partial charge in [0.15, 0.2) is 0 Å². The second kappa shape index (κ2) is 10.8. The zero-order valence-corrected chi connectivity index (χ0v) is 18.5. The number of carboxylic acids is 1. The minimum atomic E-state index is -0.957. The van der Waals surface area contributed by atoms with Gasteiger partial charge in [0.05, 0.1) is 6.42 Å². The van der Waals surface area contributed by atoms with Gasteiger partial charge in [-0.1, -0.05) is 62.4 Å². The normalized spacial score (nSPS) is 14.1. The molecule has 0 radical (unpaired) electrons. The predicted molar refractivity (Wildman–Crippen MR) is 121 cm³/mol. The van der Waals surface area contributed by atoms with Crippen molar-refractivity contribution in [2.75, 3.05) is 6.61 Å². The van der Waals surface area contributed by atoms with Crippen LogP contribution < -0.4 is 10.6 Å². The summed E-state index contributed by atoms with van der Waals surface area (Å²) in [6, 6.07) is 15.4. The van der Waals surface area contributed by atoms with E-state index in [0.29, 0.717) is 12.8 Å². The molecule has 1 aliphatic rings. The largest absolute Gasteiger partial charge is 0.481 e. The average molecular weight is 439 g/mol. The summed E-state index contributed by atoms with van der Waals surface area (Å²) in [5, 5.41) is 14.4. The lowest BCUT2D eigenvalue weighted by Crippen LogP contribution is -2.42. The van der Waals surface area contributed by atoms with Crippen molar-refractivity contribution in [3.8, 4) is 11.1 Å². The summed E-state index contributed by atoms with van der Waals surface area (Å²) >= 11 is 0. The van der Waals surface area contributed by atoms with Crippen molar-refractivity contribution >= 4 is 18.0 Å². The topological polar surface area (TPSA) is 105 Å². The van der Waals surface area contributed by atoms with Gasteiger partial charge in [0.1, 0.15) is 6.61 Å². The van der Waals surface area contributed by atoms with Gasteiger partial charge in [0, 0.05) is 24.4 Å². The molecular weight excluding hydrogens is 408 g/mol. The molecule has 7 nitrogen and oxygen atoms in total. The SMILES string of the molecule is CC[C@H](CC(=O)O)NC(=O)C[C@@H](CC)NC(=O)OCC1c2ccccc2-c2ccccc21. The summed E-state index contributed by atoms with van der Waals surface area (Å²) in [5.41, 5.74) is 4.59. The number of hydrogen-bond donors (Lipinski definition) is 3. The third kappa shape index (κ3) is 5.66. The van der Waals surface area contributed by atoms with Crippen LogP contribution in [0.2, 0.25) is 0 Å². The van der Waals surface area contributed by atoms with Crippen LogP contribution in [0.5, 0.6) is 0 Å². The highest BCUT2D eigenvalue weighted by molar-refractivity contribution is 5.80. The van der Waals surface area contributed by atoms with Crippen molar-refractivity contribution in [1.29, 1.82) is 0 Å². The number of nitrogens with one attached hydrogen (secondary N) is 2. The lowest BCUT2D eigenvalue weighted by atomic mass is 9.98. The number of ether oxygens (including phenoxy) is 1. The zero-order valence-electron chi connectivity index (χ0n) is 18.5. The van der Waals surface area contributed by atoms with E-state index in [2.05, 4.69) is 34.9 Å². The first-order chi connectivity index (χ1) is 15.4. The molecule has 170 valence electrons. The first kappa shape index (κ1) is 23.3. The van der Waals surface area contributed by atoms with Gasteiger partial charge in [-0.05, 0) is 35.1 Å². The molecule has 0 spiro atoms. The maximum absolute atomic E-state index is 12.5. The second-order valence-corrected chi connectivity index (χ2v) is 8.05. The molecule has 3 N–H and O–H groups in total. The van der Waals surface area contributed by atoms with Gasteiger partial charge in [-0.15, -0.1) is 0 Å². The fourth-order valence-corrected chi connectivity index (χ4v) is 4.12. The van der Waals surface area contributed by atoms with Crippen LogP contribution in [0.3, 0.4) is 0 Å². The number of carbonyl (C=O) groups excluding carboxylic acids is 2. The van der Waals surface area contributed by atoms with Crippen LogP contribution in [-0.4, -0.2) is 41.8 Å². The molecule has 0 bridgehead atoms. The van der Waals surface area contributed by atoms with E-state index in [1.807, 2.05) is 38.1 Å². The van der Waals surface area contributed by atoms with Crippen LogP contribution in [-0.2, 0) is 14.3 Å². The fourth-order valence-electron chi connectivity index (χ4n) is 4.12. The van der Waals surface area contributed by atoms with E-state index in [9.17, 15) is 14.4 Å². The Morgan fingerprint density at radius 2 is 1.41 bits per heavy atom. The molecule has 0 aromatic heterocycles. The molecule has 2 atom stereocenters. The van der Waals surface area contributed by atoms with E-state index in [0.717, 1.165) is 22.3 Å². The number of carboxylic acid groups (broad SMARTS) is 1. The summed E-state index contributed by atoms with van der Waals surface area (Å²) in [6.45, 7) is 3.90. The molecule has 2 aromatic rings. The first-order valence-electron chi connectivity index (χ1n) is 11.1. The highest BCUT2D eigenvalue weighted by atomic mass is 16.5. The maximum atomic E-state index is 12.5. The summed E-state index contributed by atoms with van der Waals surface area (Å²) in [6.07, 6.45) is 0.446. The maximum Gasteiger partial charge on any atom is 0.407 e. The Morgan fingerprint density at radius 1 is 0.875 bits per heavy atom.